The van der Waals surface area contributed by atoms with Crippen molar-refractivity contribution in [2.75, 3.05) is 0 Å². The molecule has 5 aliphatic rings. The Morgan fingerprint density at radius 1 is 0.854 bits per heavy atom. The Balaban J connectivity index is 1.67. The van der Waals surface area contributed by atoms with E-state index in [4.69, 9.17) is 0 Å². The van der Waals surface area contributed by atoms with Crippen molar-refractivity contribution in [2.45, 2.75) is 91.4 Å². The zero-order valence-corrected chi connectivity index (χ0v) is 24.7. The number of Topliss-reactive ketones (excluding diaryl/α,β-unsaturated/α-hetero) is 2. The fourth-order valence-electron chi connectivity index (χ4n) is 9.85. The second-order valence-electron chi connectivity index (χ2n) is 14.8. The molecule has 0 aliphatic heterocycles. The summed E-state index contributed by atoms with van der Waals surface area (Å²) in [4.78, 5) is 41.8. The van der Waals surface area contributed by atoms with Crippen molar-refractivity contribution in [1.82, 2.24) is 0 Å². The molecular formula is C34H40O7. The molecule has 1 aromatic carbocycles. The van der Waals surface area contributed by atoms with Gasteiger partial charge >= 0.3 is 0 Å². The van der Waals surface area contributed by atoms with E-state index in [1.54, 1.807) is 0 Å². The minimum absolute atomic E-state index is 0.0251. The second-order valence-corrected chi connectivity index (χ2v) is 14.8. The number of aliphatic hydroxyl groups is 2. The van der Waals surface area contributed by atoms with Crippen LogP contribution in [0.25, 0.3) is 0 Å². The molecule has 6 rings (SSSR count). The number of benzene rings is 1. The molecule has 7 heteroatoms. The van der Waals surface area contributed by atoms with Crippen LogP contribution < -0.4 is 0 Å². The first-order valence-corrected chi connectivity index (χ1v) is 14.8. The molecule has 0 bridgehead atoms. The molecule has 3 saturated carbocycles. The van der Waals surface area contributed by atoms with Crippen molar-refractivity contribution >= 4 is 17.3 Å². The largest absolute Gasteiger partial charge is 0.504 e. The van der Waals surface area contributed by atoms with Gasteiger partial charge in [-0.25, -0.2) is 0 Å². The van der Waals surface area contributed by atoms with Gasteiger partial charge < -0.3 is 20.4 Å². The Morgan fingerprint density at radius 3 is 2.20 bits per heavy atom. The van der Waals surface area contributed by atoms with Crippen molar-refractivity contribution in [3.8, 4) is 11.5 Å². The van der Waals surface area contributed by atoms with Crippen LogP contribution in [-0.2, 0) is 15.0 Å². The summed E-state index contributed by atoms with van der Waals surface area (Å²) in [5, 5.41) is 44.7. The van der Waals surface area contributed by atoms with E-state index < -0.39 is 68.2 Å². The third-order valence-corrected chi connectivity index (χ3v) is 11.4. The molecule has 1 aromatic rings. The highest BCUT2D eigenvalue weighted by atomic mass is 16.3. The molecule has 0 amide bonds. The zero-order valence-electron chi connectivity index (χ0n) is 24.7. The number of rotatable bonds is 1. The number of allylic oxidation sites excluding steroid dienone is 5. The number of hydrogen-bond acceptors (Lipinski definition) is 7. The molecular weight excluding hydrogens is 520 g/mol. The van der Waals surface area contributed by atoms with Gasteiger partial charge in [0.1, 0.15) is 5.78 Å². The van der Waals surface area contributed by atoms with Gasteiger partial charge in [-0.1, -0.05) is 60.0 Å². The average molecular weight is 561 g/mol. The number of carbonyl (C=O) groups excluding carboxylic acids is 3. The van der Waals surface area contributed by atoms with Crippen LogP contribution in [0, 0.1) is 28.1 Å². The lowest BCUT2D eigenvalue weighted by atomic mass is 9.44. The zero-order chi connectivity index (χ0) is 30.0. The highest BCUT2D eigenvalue weighted by molar-refractivity contribution is 6.14. The van der Waals surface area contributed by atoms with Crippen LogP contribution in [-0.4, -0.2) is 37.8 Å². The van der Waals surface area contributed by atoms with Gasteiger partial charge in [0.25, 0.3) is 0 Å². The van der Waals surface area contributed by atoms with E-state index >= 15 is 0 Å². The van der Waals surface area contributed by atoms with Gasteiger partial charge in [0.05, 0.1) is 5.92 Å². The number of ketones is 3. The highest BCUT2D eigenvalue weighted by Gasteiger charge is 2.62. The first-order valence-electron chi connectivity index (χ1n) is 14.8. The lowest BCUT2D eigenvalue weighted by Crippen LogP contribution is -2.55. The summed E-state index contributed by atoms with van der Waals surface area (Å²) in [5.74, 6) is -5.76. The van der Waals surface area contributed by atoms with Crippen LogP contribution in [0.5, 0.6) is 11.5 Å². The maximum Gasteiger partial charge on any atom is 0.228 e. The molecule has 0 heterocycles. The Labute approximate surface area is 240 Å². The monoisotopic (exact) mass is 560 g/mol. The predicted molar refractivity (Wildman–Crippen MR) is 153 cm³/mol. The summed E-state index contributed by atoms with van der Waals surface area (Å²) in [6, 6.07) is 1.41. The number of aromatic hydroxyl groups is 2. The fourth-order valence-corrected chi connectivity index (χ4v) is 9.85. The van der Waals surface area contributed by atoms with Gasteiger partial charge in [-0.15, -0.1) is 0 Å². The minimum atomic E-state index is -1.15. The first kappa shape index (κ1) is 27.8. The van der Waals surface area contributed by atoms with Crippen LogP contribution in [0.1, 0.15) is 107 Å². The minimum Gasteiger partial charge on any atom is -0.504 e. The summed E-state index contributed by atoms with van der Waals surface area (Å²) in [6.45, 7) is 12.0. The number of hydrogen-bond donors (Lipinski definition) is 4. The molecule has 7 nitrogen and oxygen atoms in total. The summed E-state index contributed by atoms with van der Waals surface area (Å²) >= 11 is 0. The van der Waals surface area contributed by atoms with Crippen molar-refractivity contribution in [1.29, 1.82) is 0 Å². The van der Waals surface area contributed by atoms with Crippen molar-refractivity contribution in [2.24, 2.45) is 28.1 Å². The molecule has 0 spiro atoms. The quantitative estimate of drug-likeness (QED) is 0.283. The van der Waals surface area contributed by atoms with Crippen LogP contribution in [0.3, 0.4) is 0 Å². The molecule has 4 N–H and O–H groups in total. The van der Waals surface area contributed by atoms with Crippen molar-refractivity contribution < 1.29 is 34.8 Å². The molecule has 0 radical (unpaired) electrons. The molecule has 3 fully saturated rings. The molecule has 5 aliphatic carbocycles. The van der Waals surface area contributed by atoms with E-state index in [2.05, 4.69) is 0 Å². The number of fused-ring (bicyclic) bond motifs is 6. The Kier molecular flexibility index (Phi) is 5.67. The van der Waals surface area contributed by atoms with E-state index in [1.165, 1.54) is 18.2 Å². The van der Waals surface area contributed by atoms with E-state index in [0.717, 1.165) is 25.7 Å². The summed E-state index contributed by atoms with van der Waals surface area (Å²) < 4.78 is 0. The second kappa shape index (κ2) is 8.36. The van der Waals surface area contributed by atoms with Gasteiger partial charge in [0, 0.05) is 28.4 Å². The maximum absolute atomic E-state index is 14.8. The average Bonchev–Trinajstić information content (AvgIpc) is 2.85. The van der Waals surface area contributed by atoms with E-state index in [-0.39, 0.29) is 22.7 Å². The molecule has 41 heavy (non-hydrogen) atoms. The van der Waals surface area contributed by atoms with Crippen LogP contribution in [0.2, 0.25) is 0 Å². The van der Waals surface area contributed by atoms with Gasteiger partial charge in [0.15, 0.2) is 23.0 Å². The molecule has 0 saturated heterocycles. The number of aliphatic hydroxyl groups excluding tert-OH is 2. The summed E-state index contributed by atoms with van der Waals surface area (Å²) in [6.07, 6.45) is 7.39. The van der Waals surface area contributed by atoms with Gasteiger partial charge in [0.2, 0.25) is 11.6 Å². The Hall–Kier alpha value is -3.35. The molecule has 218 valence electrons. The first-order chi connectivity index (χ1) is 19.0. The standard InChI is InChI=1S/C34H40O7/c1-31(2)9-7-11-33(5)17-14-20(36)19(35)13-16(17)22(27(40)29(31)33)24-23-18(15-21(37)25(24)38)34(6)12-8-10-32(3,4)30(34)28(41)26(23)39/h13-16,22,29,35,37-38,41H,7-12H2,1-6H3/t16-,22?,29-,33+,34+/m0/s1. The molecule has 0 aromatic heterocycles. The van der Waals surface area contributed by atoms with Crippen molar-refractivity contribution in [3.05, 3.63) is 57.6 Å². The topological polar surface area (TPSA) is 132 Å². The summed E-state index contributed by atoms with van der Waals surface area (Å²) in [7, 11) is 0. The van der Waals surface area contributed by atoms with Crippen LogP contribution in [0.15, 0.2) is 40.9 Å². The van der Waals surface area contributed by atoms with E-state index in [0.29, 0.717) is 29.6 Å². The van der Waals surface area contributed by atoms with Crippen molar-refractivity contribution in [3.63, 3.8) is 0 Å². The predicted octanol–water partition coefficient (Wildman–Crippen LogP) is 6.64. The van der Waals surface area contributed by atoms with E-state index in [1.807, 2.05) is 41.5 Å². The SMILES string of the molecule is CC1(C)CCC[C@@]2(C)C1=C(O)C(=O)c1c2cc(O)c(O)c1C1C(=O)[C@H]2C(C)(C)CCC[C@]2(C)C2=CC(=O)C(O)=C[C@@H]21. The molecule has 5 atom stereocenters. The fraction of sp³-hybridized carbons (Fsp3) is 0.559. The van der Waals surface area contributed by atoms with Crippen LogP contribution >= 0.6 is 0 Å². The molecule has 1 unspecified atom stereocenters. The van der Waals surface area contributed by atoms with Gasteiger partial charge in [-0.05, 0) is 71.3 Å². The van der Waals surface area contributed by atoms with Gasteiger partial charge in [-0.3, -0.25) is 14.4 Å². The lowest BCUT2D eigenvalue weighted by molar-refractivity contribution is -0.141. The lowest BCUT2D eigenvalue weighted by Gasteiger charge is -2.58. The highest BCUT2D eigenvalue weighted by Crippen LogP contribution is 2.65. The third kappa shape index (κ3) is 3.47. The Morgan fingerprint density at radius 2 is 1.51 bits per heavy atom. The summed E-state index contributed by atoms with van der Waals surface area (Å²) in [5.41, 5.74) is -0.545. The smallest absolute Gasteiger partial charge is 0.228 e. The third-order valence-electron chi connectivity index (χ3n) is 11.4. The van der Waals surface area contributed by atoms with Gasteiger partial charge in [-0.2, -0.15) is 0 Å². The van der Waals surface area contributed by atoms with Crippen LogP contribution in [0.4, 0.5) is 0 Å². The Bertz CT molecular complexity index is 1540. The number of phenols is 2. The normalized spacial score (nSPS) is 35.6. The number of carbonyl (C=O) groups is 3. The maximum atomic E-state index is 14.8. The number of phenolic OH excluding ortho intramolecular Hbond substituents is 2. The van der Waals surface area contributed by atoms with E-state index in [9.17, 15) is 34.8 Å².